The van der Waals surface area contributed by atoms with Crippen LogP contribution >= 0.6 is 0 Å². The third kappa shape index (κ3) is 4.55. The highest BCUT2D eigenvalue weighted by molar-refractivity contribution is 5.89. The van der Waals surface area contributed by atoms with Crippen LogP contribution in [0.3, 0.4) is 0 Å². The quantitative estimate of drug-likeness (QED) is 0.473. The van der Waals surface area contributed by atoms with E-state index in [1.807, 2.05) is 6.07 Å². The summed E-state index contributed by atoms with van der Waals surface area (Å²) >= 11 is 0. The fourth-order valence-corrected chi connectivity index (χ4v) is 2.27. The molecule has 1 amide bonds. The van der Waals surface area contributed by atoms with Crippen molar-refractivity contribution in [2.45, 2.75) is 44.9 Å². The summed E-state index contributed by atoms with van der Waals surface area (Å²) in [4.78, 5) is 36.1. The summed E-state index contributed by atoms with van der Waals surface area (Å²) in [6.07, 6.45) is 0.600. The van der Waals surface area contributed by atoms with E-state index in [-0.39, 0.29) is 12.6 Å². The van der Waals surface area contributed by atoms with Crippen LogP contribution in [0, 0.1) is 0 Å². The van der Waals surface area contributed by atoms with Crippen molar-refractivity contribution in [2.24, 2.45) is 0 Å². The summed E-state index contributed by atoms with van der Waals surface area (Å²) in [6, 6.07) is 7.88. The molecule has 6 nitrogen and oxygen atoms in total. The summed E-state index contributed by atoms with van der Waals surface area (Å²) in [5, 5.41) is 0. The minimum Gasteiger partial charge on any atom is -0.462 e. The normalized spacial score (nSPS) is 19.9. The van der Waals surface area contributed by atoms with E-state index in [2.05, 4.69) is 0 Å². The lowest BCUT2D eigenvalue weighted by Gasteiger charge is -2.20. The van der Waals surface area contributed by atoms with E-state index < -0.39 is 23.7 Å². The average molecular weight is 319 g/mol. The number of ether oxygens (including phenoxy) is 2. The number of esters is 1. The summed E-state index contributed by atoms with van der Waals surface area (Å²) < 4.78 is 10.4. The van der Waals surface area contributed by atoms with Gasteiger partial charge in [0.25, 0.3) is 0 Å². The van der Waals surface area contributed by atoms with Crippen molar-refractivity contribution in [1.82, 2.24) is 4.90 Å². The molecule has 1 saturated heterocycles. The molecular weight excluding hydrogens is 298 g/mol. The Morgan fingerprint density at radius 1 is 1.22 bits per heavy atom. The van der Waals surface area contributed by atoms with E-state index in [4.69, 9.17) is 9.47 Å². The van der Waals surface area contributed by atoms with Gasteiger partial charge < -0.3 is 14.3 Å². The van der Waals surface area contributed by atoms with Gasteiger partial charge in [-0.1, -0.05) is 18.2 Å². The van der Waals surface area contributed by atoms with E-state index in [9.17, 15) is 14.4 Å². The van der Waals surface area contributed by atoms with E-state index in [0.717, 1.165) is 0 Å². The molecule has 124 valence electrons. The molecule has 2 unspecified atom stereocenters. The lowest BCUT2D eigenvalue weighted by Crippen LogP contribution is -2.28. The summed E-state index contributed by atoms with van der Waals surface area (Å²) in [6.45, 7) is 5.44. The molecule has 1 aromatic rings. The number of hydrogen-bond acceptors (Lipinski definition) is 5. The Morgan fingerprint density at radius 2 is 1.87 bits per heavy atom. The summed E-state index contributed by atoms with van der Waals surface area (Å²) in [5.74, 6) is -0.419. The molecule has 0 N–H and O–H groups in total. The van der Waals surface area contributed by atoms with Crippen LogP contribution in [0.15, 0.2) is 30.3 Å². The van der Waals surface area contributed by atoms with Gasteiger partial charge in [0, 0.05) is 6.42 Å². The zero-order chi connectivity index (χ0) is 17.0. The highest BCUT2D eigenvalue weighted by atomic mass is 16.6. The van der Waals surface area contributed by atoms with Crippen LogP contribution in [-0.4, -0.2) is 47.5 Å². The number of benzene rings is 1. The van der Waals surface area contributed by atoms with Crippen LogP contribution < -0.4 is 0 Å². The second-order valence-corrected chi connectivity index (χ2v) is 6.37. The number of amides is 1. The molecule has 0 bridgehead atoms. The summed E-state index contributed by atoms with van der Waals surface area (Å²) in [5.41, 5.74) is -0.142. The molecule has 1 fully saturated rings. The molecule has 0 saturated carbocycles. The molecule has 1 aromatic carbocycles. The maximum absolute atomic E-state index is 12.0. The number of carbonyl (C=O) groups excluding carboxylic acids is 3. The first-order chi connectivity index (χ1) is 10.8. The zero-order valence-electron chi connectivity index (χ0n) is 13.5. The van der Waals surface area contributed by atoms with Gasteiger partial charge in [-0.2, -0.15) is 0 Å². The number of carbonyl (C=O) groups is 3. The average Bonchev–Trinajstić information content (AvgIpc) is 3.19. The molecule has 2 rings (SSSR count). The lowest BCUT2D eigenvalue weighted by molar-refractivity contribution is -0.108. The minimum absolute atomic E-state index is 0.141. The first kappa shape index (κ1) is 17.0. The highest BCUT2D eigenvalue weighted by Gasteiger charge is 2.52. The smallest absolute Gasteiger partial charge is 0.411 e. The van der Waals surface area contributed by atoms with Crippen LogP contribution in [0.25, 0.3) is 0 Å². The molecule has 1 heterocycles. The largest absolute Gasteiger partial charge is 0.462 e. The van der Waals surface area contributed by atoms with Crippen molar-refractivity contribution in [1.29, 1.82) is 0 Å². The van der Waals surface area contributed by atoms with Crippen molar-refractivity contribution >= 4 is 18.3 Å². The van der Waals surface area contributed by atoms with Gasteiger partial charge in [-0.15, -0.1) is 0 Å². The first-order valence-corrected chi connectivity index (χ1v) is 7.52. The van der Waals surface area contributed by atoms with Gasteiger partial charge in [-0.05, 0) is 32.9 Å². The zero-order valence-corrected chi connectivity index (χ0v) is 13.5. The Balaban J connectivity index is 1.80. The van der Waals surface area contributed by atoms with Crippen LogP contribution in [0.2, 0.25) is 0 Å². The van der Waals surface area contributed by atoms with Gasteiger partial charge in [0.2, 0.25) is 0 Å². The first-order valence-electron chi connectivity index (χ1n) is 7.52. The maximum atomic E-state index is 12.0. The molecule has 6 heteroatoms. The van der Waals surface area contributed by atoms with Crippen molar-refractivity contribution in [3.8, 4) is 0 Å². The van der Waals surface area contributed by atoms with E-state index in [1.165, 1.54) is 4.90 Å². The Morgan fingerprint density at radius 3 is 2.43 bits per heavy atom. The van der Waals surface area contributed by atoms with Crippen LogP contribution in [0.5, 0.6) is 0 Å². The Hall–Kier alpha value is -2.37. The van der Waals surface area contributed by atoms with Crippen molar-refractivity contribution in [3.05, 3.63) is 35.9 Å². The molecule has 0 aromatic heterocycles. The van der Waals surface area contributed by atoms with Gasteiger partial charge in [-0.3, -0.25) is 4.90 Å². The highest BCUT2D eigenvalue weighted by Crippen LogP contribution is 2.31. The van der Waals surface area contributed by atoms with Gasteiger partial charge in [0.15, 0.2) is 0 Å². The van der Waals surface area contributed by atoms with Crippen molar-refractivity contribution in [3.63, 3.8) is 0 Å². The maximum Gasteiger partial charge on any atom is 0.411 e. The SMILES string of the molecule is CC(C)(C)OC(=O)N1C(C=O)C1CCOC(=O)c1ccccc1. The van der Waals surface area contributed by atoms with Crippen molar-refractivity contribution in [2.75, 3.05) is 6.61 Å². The Labute approximate surface area is 135 Å². The van der Waals surface area contributed by atoms with E-state index in [1.54, 1.807) is 45.0 Å². The third-order valence-electron chi connectivity index (χ3n) is 3.38. The molecule has 0 spiro atoms. The van der Waals surface area contributed by atoms with Crippen LogP contribution in [0.1, 0.15) is 37.6 Å². The molecule has 2 atom stereocenters. The van der Waals surface area contributed by atoms with E-state index >= 15 is 0 Å². The molecule has 23 heavy (non-hydrogen) atoms. The Bertz CT molecular complexity index is 578. The van der Waals surface area contributed by atoms with Gasteiger partial charge in [0.05, 0.1) is 18.2 Å². The number of aldehydes is 1. The second kappa shape index (κ2) is 6.81. The van der Waals surface area contributed by atoms with Gasteiger partial charge in [0.1, 0.15) is 17.9 Å². The van der Waals surface area contributed by atoms with Gasteiger partial charge >= 0.3 is 12.1 Å². The second-order valence-electron chi connectivity index (χ2n) is 6.37. The fourth-order valence-electron chi connectivity index (χ4n) is 2.27. The minimum atomic E-state index is -0.614. The lowest BCUT2D eigenvalue weighted by atomic mass is 10.2. The third-order valence-corrected chi connectivity index (χ3v) is 3.38. The van der Waals surface area contributed by atoms with Crippen molar-refractivity contribution < 1.29 is 23.9 Å². The standard InChI is InChI=1S/C17H21NO5/c1-17(2,3)23-16(21)18-13(14(18)11-19)9-10-22-15(20)12-7-5-4-6-8-12/h4-8,11,13-14H,9-10H2,1-3H3. The number of nitrogens with zero attached hydrogens (tertiary/aromatic N) is 1. The topological polar surface area (TPSA) is 72.7 Å². The predicted octanol–water partition coefficient (Wildman–Crippen LogP) is 2.42. The predicted molar refractivity (Wildman–Crippen MR) is 83.1 cm³/mol. The molecule has 1 aliphatic heterocycles. The summed E-state index contributed by atoms with van der Waals surface area (Å²) in [7, 11) is 0. The fraction of sp³-hybridized carbons (Fsp3) is 0.471. The number of rotatable bonds is 5. The monoisotopic (exact) mass is 319 g/mol. The Kier molecular flexibility index (Phi) is 5.03. The molecule has 0 aliphatic carbocycles. The molecular formula is C17H21NO5. The van der Waals surface area contributed by atoms with E-state index in [0.29, 0.717) is 18.3 Å². The molecule has 1 aliphatic rings. The van der Waals surface area contributed by atoms with Gasteiger partial charge in [-0.25, -0.2) is 9.59 Å². The molecule has 0 radical (unpaired) electrons. The van der Waals surface area contributed by atoms with Crippen LogP contribution in [-0.2, 0) is 14.3 Å². The van der Waals surface area contributed by atoms with Crippen LogP contribution in [0.4, 0.5) is 4.79 Å². The number of hydrogen-bond donors (Lipinski definition) is 0.